The molecule has 0 aliphatic carbocycles. The topological polar surface area (TPSA) is 96.0 Å². The van der Waals surface area contributed by atoms with Crippen molar-refractivity contribution in [1.29, 1.82) is 0 Å². The summed E-state index contributed by atoms with van der Waals surface area (Å²) in [6.45, 7) is 3.02. The zero-order chi connectivity index (χ0) is 22.9. The van der Waals surface area contributed by atoms with Crippen LogP contribution in [-0.4, -0.2) is 57.4 Å². The average molecular weight is 462 g/mol. The first-order chi connectivity index (χ1) is 15.3. The maximum atomic E-state index is 14.1. The maximum absolute atomic E-state index is 14.1. The van der Waals surface area contributed by atoms with E-state index >= 15 is 0 Å². The second-order valence-corrected chi connectivity index (χ2v) is 9.78. The molecule has 2 fully saturated rings. The standard InChI is InChI=1S/C22H24FN3O5S/c1-15-6-7-17(32(29,30)25-8-10-31-11-9-25)13-19(15)24-22(28)16-12-21(27)26(14-16)20-5-3-2-4-18(20)23/h2-7,13,16H,8-12,14H2,1H3,(H,24,28). The van der Waals surface area contributed by atoms with Gasteiger partial charge in [-0.3, -0.25) is 9.59 Å². The highest BCUT2D eigenvalue weighted by atomic mass is 32.2. The van der Waals surface area contributed by atoms with Crippen molar-refractivity contribution in [1.82, 2.24) is 4.31 Å². The number of anilines is 2. The molecule has 2 aromatic carbocycles. The van der Waals surface area contributed by atoms with Crippen LogP contribution in [0.3, 0.4) is 0 Å². The van der Waals surface area contributed by atoms with Crippen molar-refractivity contribution >= 4 is 33.2 Å². The maximum Gasteiger partial charge on any atom is 0.243 e. The molecule has 170 valence electrons. The van der Waals surface area contributed by atoms with Crippen LogP contribution in [0.15, 0.2) is 47.4 Å². The van der Waals surface area contributed by atoms with E-state index < -0.39 is 27.7 Å². The molecule has 4 rings (SSSR count). The van der Waals surface area contributed by atoms with Gasteiger partial charge in [0, 0.05) is 31.7 Å². The fourth-order valence-electron chi connectivity index (χ4n) is 3.85. The number of carbonyl (C=O) groups is 2. The Kier molecular flexibility index (Phi) is 6.27. The van der Waals surface area contributed by atoms with Crippen molar-refractivity contribution in [2.24, 2.45) is 5.92 Å². The molecule has 0 bridgehead atoms. The summed E-state index contributed by atoms with van der Waals surface area (Å²) in [6.07, 6.45) is -0.0506. The molecule has 1 atom stereocenters. The first-order valence-corrected chi connectivity index (χ1v) is 11.8. The molecule has 0 spiro atoms. The van der Waals surface area contributed by atoms with Crippen LogP contribution in [-0.2, 0) is 24.3 Å². The molecule has 1 unspecified atom stereocenters. The van der Waals surface area contributed by atoms with E-state index in [1.54, 1.807) is 19.1 Å². The van der Waals surface area contributed by atoms with Crippen molar-refractivity contribution in [3.63, 3.8) is 0 Å². The van der Waals surface area contributed by atoms with E-state index in [0.717, 1.165) is 0 Å². The van der Waals surface area contributed by atoms with Crippen LogP contribution in [0.5, 0.6) is 0 Å². The lowest BCUT2D eigenvalue weighted by atomic mass is 10.1. The van der Waals surface area contributed by atoms with Crippen LogP contribution in [0.4, 0.5) is 15.8 Å². The Morgan fingerprint density at radius 3 is 2.59 bits per heavy atom. The van der Waals surface area contributed by atoms with Gasteiger partial charge < -0.3 is 15.0 Å². The molecular weight excluding hydrogens is 437 g/mol. The number of benzene rings is 2. The number of hydrogen-bond acceptors (Lipinski definition) is 5. The number of sulfonamides is 1. The first-order valence-electron chi connectivity index (χ1n) is 10.3. The van der Waals surface area contributed by atoms with Crippen LogP contribution in [0.2, 0.25) is 0 Å². The Bertz CT molecular complexity index is 1150. The molecule has 1 N–H and O–H groups in total. The summed E-state index contributed by atoms with van der Waals surface area (Å²) in [7, 11) is -3.72. The Balaban J connectivity index is 1.51. The number of morpholine rings is 1. The van der Waals surface area contributed by atoms with Crippen LogP contribution in [0.25, 0.3) is 0 Å². The van der Waals surface area contributed by atoms with Crippen LogP contribution in [0.1, 0.15) is 12.0 Å². The number of carbonyl (C=O) groups excluding carboxylic acids is 2. The number of halogens is 1. The van der Waals surface area contributed by atoms with E-state index in [1.165, 1.54) is 39.5 Å². The highest BCUT2D eigenvalue weighted by Gasteiger charge is 2.36. The van der Waals surface area contributed by atoms with Gasteiger partial charge in [0.25, 0.3) is 0 Å². The fourth-order valence-corrected chi connectivity index (χ4v) is 5.29. The third kappa shape index (κ3) is 4.38. The van der Waals surface area contributed by atoms with Crippen LogP contribution in [0, 0.1) is 18.7 Å². The zero-order valence-electron chi connectivity index (χ0n) is 17.6. The van der Waals surface area contributed by atoms with E-state index in [2.05, 4.69) is 5.32 Å². The predicted molar refractivity (Wildman–Crippen MR) is 116 cm³/mol. The third-order valence-corrected chi connectivity index (χ3v) is 7.61. The van der Waals surface area contributed by atoms with E-state index in [9.17, 15) is 22.4 Å². The third-order valence-electron chi connectivity index (χ3n) is 5.71. The van der Waals surface area contributed by atoms with Gasteiger partial charge >= 0.3 is 0 Å². The number of ether oxygens (including phenoxy) is 1. The predicted octanol–water partition coefficient (Wildman–Crippen LogP) is 2.15. The molecule has 8 nitrogen and oxygen atoms in total. The normalized spacial score (nSPS) is 19.9. The number of rotatable bonds is 5. The molecule has 0 saturated carbocycles. The van der Waals surface area contributed by atoms with Gasteiger partial charge in [0.05, 0.1) is 29.7 Å². The fraction of sp³-hybridized carbons (Fsp3) is 0.364. The summed E-state index contributed by atoms with van der Waals surface area (Å²) in [6, 6.07) is 10.5. The Labute approximate surface area is 186 Å². The van der Waals surface area contributed by atoms with E-state index in [0.29, 0.717) is 24.5 Å². The van der Waals surface area contributed by atoms with Gasteiger partial charge in [0.1, 0.15) is 5.82 Å². The van der Waals surface area contributed by atoms with Crippen molar-refractivity contribution in [3.8, 4) is 0 Å². The summed E-state index contributed by atoms with van der Waals surface area (Å²) in [5.74, 6) is -1.96. The molecule has 2 aliphatic heterocycles. The molecule has 2 heterocycles. The highest BCUT2D eigenvalue weighted by Crippen LogP contribution is 2.29. The monoisotopic (exact) mass is 461 g/mol. The number of nitrogens with zero attached hydrogens (tertiary/aromatic N) is 2. The number of nitrogens with one attached hydrogen (secondary N) is 1. The lowest BCUT2D eigenvalue weighted by Gasteiger charge is -2.26. The van der Waals surface area contributed by atoms with Gasteiger partial charge in [-0.2, -0.15) is 4.31 Å². The average Bonchev–Trinajstić information content (AvgIpc) is 3.17. The zero-order valence-corrected chi connectivity index (χ0v) is 18.4. The summed E-state index contributed by atoms with van der Waals surface area (Å²) in [4.78, 5) is 26.6. The van der Waals surface area contributed by atoms with Gasteiger partial charge in [0.15, 0.2) is 0 Å². The molecule has 0 aromatic heterocycles. The molecule has 2 amide bonds. The molecular formula is C22H24FN3O5S. The van der Waals surface area contributed by atoms with Crippen molar-refractivity contribution < 1.29 is 27.1 Å². The minimum absolute atomic E-state index is 0.0506. The van der Waals surface area contributed by atoms with Crippen LogP contribution < -0.4 is 10.2 Å². The van der Waals surface area contributed by atoms with Gasteiger partial charge in [-0.25, -0.2) is 12.8 Å². The minimum Gasteiger partial charge on any atom is -0.379 e. The second-order valence-electron chi connectivity index (χ2n) is 7.84. The lowest BCUT2D eigenvalue weighted by Crippen LogP contribution is -2.40. The molecule has 32 heavy (non-hydrogen) atoms. The molecule has 0 radical (unpaired) electrons. The number of hydrogen-bond donors (Lipinski definition) is 1. The van der Waals surface area contributed by atoms with Gasteiger partial charge in [-0.1, -0.05) is 18.2 Å². The molecule has 2 saturated heterocycles. The number of aryl methyl sites for hydroxylation is 1. The molecule has 2 aromatic rings. The van der Waals surface area contributed by atoms with Crippen LogP contribution >= 0.6 is 0 Å². The Morgan fingerprint density at radius 1 is 1.16 bits per heavy atom. The van der Waals surface area contributed by atoms with Gasteiger partial charge in [-0.15, -0.1) is 0 Å². The van der Waals surface area contributed by atoms with Crippen molar-refractivity contribution in [2.75, 3.05) is 43.1 Å². The molecule has 10 heteroatoms. The number of para-hydroxylation sites is 1. The van der Waals surface area contributed by atoms with Gasteiger partial charge in [0.2, 0.25) is 21.8 Å². The quantitative estimate of drug-likeness (QED) is 0.736. The summed E-state index contributed by atoms with van der Waals surface area (Å²) in [5.41, 5.74) is 1.19. The summed E-state index contributed by atoms with van der Waals surface area (Å²) >= 11 is 0. The van der Waals surface area contributed by atoms with E-state index in [4.69, 9.17) is 4.74 Å². The smallest absolute Gasteiger partial charge is 0.243 e. The second kappa shape index (κ2) is 8.97. The van der Waals surface area contributed by atoms with Gasteiger partial charge in [-0.05, 0) is 36.8 Å². The van der Waals surface area contributed by atoms with E-state index in [-0.39, 0.29) is 42.5 Å². The van der Waals surface area contributed by atoms with Crippen molar-refractivity contribution in [2.45, 2.75) is 18.2 Å². The Morgan fingerprint density at radius 2 is 1.88 bits per heavy atom. The lowest BCUT2D eigenvalue weighted by molar-refractivity contribution is -0.122. The Hall–Kier alpha value is -2.82. The minimum atomic E-state index is -3.72. The van der Waals surface area contributed by atoms with Crippen molar-refractivity contribution in [3.05, 3.63) is 53.8 Å². The first kappa shape index (κ1) is 22.4. The molecule has 2 aliphatic rings. The largest absolute Gasteiger partial charge is 0.379 e. The SMILES string of the molecule is Cc1ccc(S(=O)(=O)N2CCOCC2)cc1NC(=O)C1CC(=O)N(c2ccccc2F)C1. The summed E-state index contributed by atoms with van der Waals surface area (Å²) < 4.78 is 46.5. The van der Waals surface area contributed by atoms with E-state index in [1.807, 2.05) is 0 Å². The number of amides is 2. The summed E-state index contributed by atoms with van der Waals surface area (Å²) in [5, 5.41) is 2.76. The highest BCUT2D eigenvalue weighted by molar-refractivity contribution is 7.89.